The van der Waals surface area contributed by atoms with Gasteiger partial charge < -0.3 is 14.5 Å². The van der Waals surface area contributed by atoms with Crippen molar-refractivity contribution in [1.82, 2.24) is 19.6 Å². The molecule has 0 saturated carbocycles. The maximum atomic E-state index is 13.4. The van der Waals surface area contributed by atoms with Gasteiger partial charge in [-0.2, -0.15) is 10.4 Å². The molecule has 2 amide bonds. The summed E-state index contributed by atoms with van der Waals surface area (Å²) in [6.07, 6.45) is 1.04. The molecule has 1 saturated heterocycles. The van der Waals surface area contributed by atoms with E-state index in [1.165, 1.54) is 32.7 Å². The molecule has 1 fully saturated rings. The number of amides is 2. The lowest BCUT2D eigenvalue weighted by molar-refractivity contribution is 0.00916. The lowest BCUT2D eigenvalue weighted by Gasteiger charge is -2.38. The van der Waals surface area contributed by atoms with Crippen LogP contribution < -0.4 is 0 Å². The van der Waals surface area contributed by atoms with Crippen molar-refractivity contribution in [3.05, 3.63) is 48.0 Å². The van der Waals surface area contributed by atoms with Gasteiger partial charge in [-0.05, 0) is 45.0 Å². The Kier molecular flexibility index (Phi) is 5.55. The molecular weight excluding hydrogens is 377 g/mol. The zero-order chi connectivity index (χ0) is 21.2. The van der Waals surface area contributed by atoms with Gasteiger partial charge in [0.05, 0.1) is 18.3 Å². The molecule has 1 atom stereocenters. The lowest BCUT2D eigenvalue weighted by Crippen LogP contribution is -2.56. The van der Waals surface area contributed by atoms with Crippen LogP contribution in [0.4, 0.5) is 9.18 Å². The molecule has 29 heavy (non-hydrogen) atoms. The predicted octanol–water partition coefficient (Wildman–Crippen LogP) is 2.60. The Hall–Kier alpha value is -3.41. The fourth-order valence-electron chi connectivity index (χ4n) is 2.98. The van der Waals surface area contributed by atoms with Crippen LogP contribution in [0.2, 0.25) is 0 Å². The molecule has 1 aromatic carbocycles. The summed E-state index contributed by atoms with van der Waals surface area (Å²) in [4.78, 5) is 27.9. The number of carbonyl (C=O) groups excluding carboxylic acids is 2. The molecule has 0 spiro atoms. The summed E-state index contributed by atoms with van der Waals surface area (Å²) in [6, 6.07) is 8.61. The largest absolute Gasteiger partial charge is 0.444 e. The van der Waals surface area contributed by atoms with Gasteiger partial charge in [-0.3, -0.25) is 4.79 Å². The molecule has 2 heterocycles. The van der Waals surface area contributed by atoms with E-state index in [2.05, 4.69) is 11.2 Å². The molecular formula is C20H22FN5O3. The number of nitrogens with zero attached hydrogens (tertiary/aromatic N) is 5. The first-order valence-corrected chi connectivity index (χ1v) is 9.18. The highest BCUT2D eigenvalue weighted by Gasteiger charge is 2.35. The van der Waals surface area contributed by atoms with Crippen molar-refractivity contribution in [3.8, 4) is 11.8 Å². The summed E-state index contributed by atoms with van der Waals surface area (Å²) >= 11 is 0. The summed E-state index contributed by atoms with van der Waals surface area (Å²) < 4.78 is 20.2. The van der Waals surface area contributed by atoms with Crippen LogP contribution in [-0.2, 0) is 4.74 Å². The molecule has 0 N–H and O–H groups in total. The lowest BCUT2D eigenvalue weighted by atomic mass is 10.1. The van der Waals surface area contributed by atoms with Gasteiger partial charge in [0, 0.05) is 19.3 Å². The quantitative estimate of drug-likeness (QED) is 0.774. The zero-order valence-electron chi connectivity index (χ0n) is 16.5. The van der Waals surface area contributed by atoms with Crippen molar-refractivity contribution < 1.29 is 18.7 Å². The number of hydrogen-bond acceptors (Lipinski definition) is 5. The molecule has 0 radical (unpaired) electrons. The van der Waals surface area contributed by atoms with Crippen LogP contribution in [0.3, 0.4) is 0 Å². The fourth-order valence-corrected chi connectivity index (χ4v) is 2.98. The Morgan fingerprint density at radius 2 is 2.03 bits per heavy atom. The number of carbonyl (C=O) groups is 2. The number of halogens is 1. The molecule has 2 aromatic rings. The first-order valence-electron chi connectivity index (χ1n) is 9.18. The number of aromatic nitrogens is 2. The fraction of sp³-hybridized carbons (Fsp3) is 0.400. The van der Waals surface area contributed by atoms with Crippen molar-refractivity contribution in [1.29, 1.82) is 5.26 Å². The molecule has 9 heteroatoms. The van der Waals surface area contributed by atoms with E-state index in [9.17, 15) is 19.2 Å². The van der Waals surface area contributed by atoms with Crippen molar-refractivity contribution in [3.63, 3.8) is 0 Å². The van der Waals surface area contributed by atoms with Gasteiger partial charge in [-0.1, -0.05) is 6.07 Å². The highest BCUT2D eigenvalue weighted by molar-refractivity contribution is 5.93. The summed E-state index contributed by atoms with van der Waals surface area (Å²) in [6.45, 7) is 5.79. The van der Waals surface area contributed by atoms with Crippen molar-refractivity contribution in [2.45, 2.75) is 32.4 Å². The van der Waals surface area contributed by atoms with Gasteiger partial charge >= 0.3 is 6.09 Å². The third-order valence-electron chi connectivity index (χ3n) is 4.32. The number of hydrogen-bond donors (Lipinski definition) is 0. The highest BCUT2D eigenvalue weighted by Crippen LogP contribution is 2.17. The summed E-state index contributed by atoms with van der Waals surface area (Å²) in [5.74, 6) is -0.829. The average Bonchev–Trinajstić information content (AvgIpc) is 3.16. The van der Waals surface area contributed by atoms with E-state index in [1.54, 1.807) is 39.1 Å². The molecule has 1 aliphatic heterocycles. The number of benzene rings is 1. The average molecular weight is 399 g/mol. The van der Waals surface area contributed by atoms with Gasteiger partial charge in [0.15, 0.2) is 5.69 Å². The highest BCUT2D eigenvalue weighted by atomic mass is 19.1. The van der Waals surface area contributed by atoms with Crippen LogP contribution in [0.25, 0.3) is 5.69 Å². The third kappa shape index (κ3) is 4.71. The maximum Gasteiger partial charge on any atom is 0.410 e. The molecule has 1 aromatic heterocycles. The minimum Gasteiger partial charge on any atom is -0.444 e. The molecule has 1 aliphatic rings. The summed E-state index contributed by atoms with van der Waals surface area (Å²) in [5.41, 5.74) is -0.0218. The van der Waals surface area contributed by atoms with Crippen LogP contribution in [0, 0.1) is 17.1 Å². The second-order valence-electron chi connectivity index (χ2n) is 7.70. The second-order valence-corrected chi connectivity index (χ2v) is 7.70. The van der Waals surface area contributed by atoms with E-state index in [1.807, 2.05) is 0 Å². The minimum atomic E-state index is -0.817. The Morgan fingerprint density at radius 1 is 1.28 bits per heavy atom. The van der Waals surface area contributed by atoms with E-state index < -0.39 is 29.5 Å². The predicted molar refractivity (Wildman–Crippen MR) is 102 cm³/mol. The number of ether oxygens (including phenoxy) is 1. The van der Waals surface area contributed by atoms with E-state index >= 15 is 0 Å². The SMILES string of the molecule is CC(C)(C)OC(=O)N1CCN(C(=O)c2ccn(-c3cccc(F)c3)n2)[C@H](C#N)C1. The number of piperazine rings is 1. The van der Waals surface area contributed by atoms with Gasteiger partial charge in [0.25, 0.3) is 5.91 Å². The summed E-state index contributed by atoms with van der Waals surface area (Å²) in [7, 11) is 0. The standard InChI is InChI=1S/C20H22FN5O3/c1-20(2,3)29-19(28)24-9-10-25(16(12-22)13-24)18(27)17-7-8-26(23-17)15-6-4-5-14(21)11-15/h4-8,11,16H,9-10,13H2,1-3H3/t16-/m1/s1. The van der Waals surface area contributed by atoms with E-state index in [-0.39, 0.29) is 25.3 Å². The first kappa shape index (κ1) is 20.3. The number of nitriles is 1. The first-order chi connectivity index (χ1) is 13.7. The molecule has 0 aliphatic carbocycles. The van der Waals surface area contributed by atoms with Gasteiger partial charge in [-0.15, -0.1) is 0 Å². The van der Waals surface area contributed by atoms with Crippen LogP contribution in [-0.4, -0.2) is 62.9 Å². The van der Waals surface area contributed by atoms with E-state index in [0.717, 1.165) is 0 Å². The van der Waals surface area contributed by atoms with E-state index in [0.29, 0.717) is 5.69 Å². The molecule has 3 rings (SSSR count). The summed E-state index contributed by atoms with van der Waals surface area (Å²) in [5, 5.41) is 13.7. The molecule has 0 bridgehead atoms. The van der Waals surface area contributed by atoms with Crippen molar-refractivity contribution in [2.24, 2.45) is 0 Å². The maximum absolute atomic E-state index is 13.4. The molecule has 8 nitrogen and oxygen atoms in total. The second kappa shape index (κ2) is 7.91. The Balaban J connectivity index is 1.72. The number of rotatable bonds is 2. The normalized spacial score (nSPS) is 17.0. The molecule has 0 unspecified atom stereocenters. The van der Waals surface area contributed by atoms with Crippen LogP contribution >= 0.6 is 0 Å². The molecule has 152 valence electrons. The van der Waals surface area contributed by atoms with Crippen LogP contribution in [0.1, 0.15) is 31.3 Å². The Bertz CT molecular complexity index is 960. The Morgan fingerprint density at radius 3 is 2.69 bits per heavy atom. The van der Waals surface area contributed by atoms with Gasteiger partial charge in [-0.25, -0.2) is 13.9 Å². The van der Waals surface area contributed by atoms with Crippen molar-refractivity contribution in [2.75, 3.05) is 19.6 Å². The van der Waals surface area contributed by atoms with Gasteiger partial charge in [0.1, 0.15) is 17.5 Å². The Labute approximate surface area is 168 Å². The smallest absolute Gasteiger partial charge is 0.410 e. The minimum absolute atomic E-state index is 0.0573. The zero-order valence-corrected chi connectivity index (χ0v) is 16.5. The third-order valence-corrected chi connectivity index (χ3v) is 4.32. The monoisotopic (exact) mass is 399 g/mol. The van der Waals surface area contributed by atoms with Crippen molar-refractivity contribution >= 4 is 12.0 Å². The van der Waals surface area contributed by atoms with Crippen LogP contribution in [0.15, 0.2) is 36.5 Å². The van der Waals surface area contributed by atoms with E-state index in [4.69, 9.17) is 4.74 Å². The van der Waals surface area contributed by atoms with Crippen LogP contribution in [0.5, 0.6) is 0 Å². The van der Waals surface area contributed by atoms with Gasteiger partial charge in [0.2, 0.25) is 0 Å². The topological polar surface area (TPSA) is 91.5 Å².